The Morgan fingerprint density at radius 3 is 2.66 bits per heavy atom. The van der Waals surface area contributed by atoms with E-state index in [2.05, 4.69) is 4.98 Å². The number of hydrogen-bond donors (Lipinski definition) is 0. The van der Waals surface area contributed by atoms with Crippen LogP contribution in [0.1, 0.15) is 42.5 Å². The molecule has 2 aromatic rings. The highest BCUT2D eigenvalue weighted by Crippen LogP contribution is 2.25. The van der Waals surface area contributed by atoms with Gasteiger partial charge in [-0.15, -0.1) is 0 Å². The molecule has 0 bridgehead atoms. The third-order valence-corrected chi connectivity index (χ3v) is 7.20. The molecule has 0 unspecified atom stereocenters. The summed E-state index contributed by atoms with van der Waals surface area (Å²) >= 11 is 0. The van der Waals surface area contributed by atoms with Crippen molar-refractivity contribution in [1.82, 2.24) is 13.6 Å². The number of nitrogens with zero attached hydrogens (tertiary/aromatic N) is 3. The molecule has 1 fully saturated rings. The fourth-order valence-electron chi connectivity index (χ4n) is 3.65. The largest absolute Gasteiger partial charge is 0.369 e. The highest BCUT2D eigenvalue weighted by atomic mass is 32.2. The van der Waals surface area contributed by atoms with Gasteiger partial charge in [-0.25, -0.2) is 4.39 Å². The molecule has 2 heterocycles. The smallest absolute Gasteiger partial charge is 0.282 e. The Hall–Kier alpha value is -1.87. The van der Waals surface area contributed by atoms with E-state index in [1.165, 1.54) is 20.7 Å². The van der Waals surface area contributed by atoms with Crippen molar-refractivity contribution < 1.29 is 17.5 Å². The fraction of sp³-hybridized carbons (Fsp3) is 0.476. The molecule has 1 aromatic heterocycles. The standard InChI is InChI=1S/C21H28FN3O3S/c1-4-24(5-2)29(26,27)25-9-10-28-21(15-25)20-14-18(11-16(3)23-20)12-17-7-6-8-19(22)13-17/h6-8,11,13-14,21H,4-5,9-10,12,15H2,1-3H3/t21-/m1/s1. The second kappa shape index (κ2) is 9.30. The third-order valence-electron chi connectivity index (χ3n) is 5.05. The number of hydrogen-bond acceptors (Lipinski definition) is 4. The molecular weight excluding hydrogens is 393 g/mol. The lowest BCUT2D eigenvalue weighted by molar-refractivity contribution is -0.00668. The second-order valence-electron chi connectivity index (χ2n) is 7.16. The van der Waals surface area contributed by atoms with Crippen LogP contribution in [0.15, 0.2) is 36.4 Å². The van der Waals surface area contributed by atoms with Crippen LogP contribution in [0, 0.1) is 12.7 Å². The van der Waals surface area contributed by atoms with Crippen LogP contribution in [0.5, 0.6) is 0 Å². The van der Waals surface area contributed by atoms with E-state index in [9.17, 15) is 12.8 Å². The average Bonchev–Trinajstić information content (AvgIpc) is 2.68. The Balaban J connectivity index is 1.82. The van der Waals surface area contributed by atoms with Crippen LogP contribution in [-0.4, -0.2) is 54.8 Å². The van der Waals surface area contributed by atoms with Gasteiger partial charge in [-0.3, -0.25) is 4.98 Å². The second-order valence-corrected chi connectivity index (χ2v) is 9.09. The Kier molecular flexibility index (Phi) is 7.00. The van der Waals surface area contributed by atoms with Crippen LogP contribution in [0.3, 0.4) is 0 Å². The lowest BCUT2D eigenvalue weighted by Crippen LogP contribution is -2.49. The SMILES string of the molecule is CCN(CC)S(=O)(=O)N1CCO[C@@H](c2cc(Cc3cccc(F)c3)cc(C)n2)C1. The predicted molar refractivity (Wildman–Crippen MR) is 110 cm³/mol. The van der Waals surface area contributed by atoms with Crippen molar-refractivity contribution >= 4 is 10.2 Å². The van der Waals surface area contributed by atoms with Crippen molar-refractivity contribution in [2.45, 2.75) is 33.3 Å². The third kappa shape index (κ3) is 5.19. The van der Waals surface area contributed by atoms with E-state index in [1.807, 2.05) is 39.0 Å². The Morgan fingerprint density at radius 1 is 1.21 bits per heavy atom. The summed E-state index contributed by atoms with van der Waals surface area (Å²) in [7, 11) is -3.52. The minimum absolute atomic E-state index is 0.231. The van der Waals surface area contributed by atoms with E-state index < -0.39 is 16.3 Å². The molecule has 0 aliphatic carbocycles. The van der Waals surface area contributed by atoms with Gasteiger partial charge in [-0.05, 0) is 48.7 Å². The molecule has 158 valence electrons. The normalized spacial score (nSPS) is 18.3. The molecule has 0 saturated carbocycles. The minimum Gasteiger partial charge on any atom is -0.369 e. The maximum absolute atomic E-state index is 13.5. The summed E-state index contributed by atoms with van der Waals surface area (Å²) in [6, 6.07) is 10.4. The molecule has 0 N–H and O–H groups in total. The molecule has 0 radical (unpaired) electrons. The topological polar surface area (TPSA) is 62.7 Å². The van der Waals surface area contributed by atoms with E-state index in [1.54, 1.807) is 6.07 Å². The van der Waals surface area contributed by atoms with Gasteiger partial charge in [0.25, 0.3) is 10.2 Å². The first kappa shape index (κ1) is 21.8. The molecule has 1 saturated heterocycles. The van der Waals surface area contributed by atoms with E-state index in [-0.39, 0.29) is 12.4 Å². The first-order valence-electron chi connectivity index (χ1n) is 9.92. The van der Waals surface area contributed by atoms with Crippen molar-refractivity contribution in [3.8, 4) is 0 Å². The summed E-state index contributed by atoms with van der Waals surface area (Å²) < 4.78 is 48.0. The lowest BCUT2D eigenvalue weighted by Gasteiger charge is -2.35. The van der Waals surface area contributed by atoms with Gasteiger partial charge in [-0.2, -0.15) is 17.0 Å². The minimum atomic E-state index is -3.52. The number of halogens is 1. The quantitative estimate of drug-likeness (QED) is 0.689. The van der Waals surface area contributed by atoms with Gasteiger partial charge in [0.2, 0.25) is 0 Å². The molecule has 1 aliphatic heterocycles. The summed E-state index contributed by atoms with van der Waals surface area (Å²) in [6.45, 7) is 7.31. The van der Waals surface area contributed by atoms with Gasteiger partial charge in [0.05, 0.1) is 12.3 Å². The van der Waals surface area contributed by atoms with Crippen LogP contribution in [0.2, 0.25) is 0 Å². The number of pyridine rings is 1. The molecule has 0 spiro atoms. The highest BCUT2D eigenvalue weighted by Gasteiger charge is 2.34. The molecule has 0 amide bonds. The molecule has 29 heavy (non-hydrogen) atoms. The zero-order valence-electron chi connectivity index (χ0n) is 17.1. The number of ether oxygens (including phenoxy) is 1. The monoisotopic (exact) mass is 421 g/mol. The molecule has 1 aliphatic rings. The summed E-state index contributed by atoms with van der Waals surface area (Å²) in [5, 5.41) is 0. The number of aryl methyl sites for hydroxylation is 1. The Morgan fingerprint density at radius 2 is 1.97 bits per heavy atom. The van der Waals surface area contributed by atoms with Crippen molar-refractivity contribution in [3.63, 3.8) is 0 Å². The fourth-order valence-corrected chi connectivity index (χ4v) is 5.25. The van der Waals surface area contributed by atoms with Gasteiger partial charge in [-0.1, -0.05) is 26.0 Å². The van der Waals surface area contributed by atoms with E-state index in [0.717, 1.165) is 16.8 Å². The van der Waals surface area contributed by atoms with Crippen LogP contribution < -0.4 is 0 Å². The summed E-state index contributed by atoms with van der Waals surface area (Å²) in [5.74, 6) is -0.263. The van der Waals surface area contributed by atoms with Gasteiger partial charge < -0.3 is 4.74 Å². The van der Waals surface area contributed by atoms with Gasteiger partial charge >= 0.3 is 0 Å². The zero-order chi connectivity index (χ0) is 21.0. The Labute approximate surface area is 172 Å². The van der Waals surface area contributed by atoms with E-state index >= 15 is 0 Å². The molecular formula is C21H28FN3O3S. The number of morpholine rings is 1. The van der Waals surface area contributed by atoms with Crippen molar-refractivity contribution in [2.75, 3.05) is 32.8 Å². The highest BCUT2D eigenvalue weighted by molar-refractivity contribution is 7.86. The lowest BCUT2D eigenvalue weighted by atomic mass is 10.0. The van der Waals surface area contributed by atoms with Crippen molar-refractivity contribution in [1.29, 1.82) is 0 Å². The molecule has 3 rings (SSSR count). The van der Waals surface area contributed by atoms with Gasteiger partial charge in [0.15, 0.2) is 0 Å². The zero-order valence-corrected chi connectivity index (χ0v) is 18.0. The van der Waals surface area contributed by atoms with Gasteiger partial charge in [0.1, 0.15) is 11.9 Å². The first-order chi connectivity index (χ1) is 13.8. The number of aromatic nitrogens is 1. The molecule has 1 aromatic carbocycles. The van der Waals surface area contributed by atoms with Gasteiger partial charge in [0, 0.05) is 31.9 Å². The van der Waals surface area contributed by atoms with Crippen LogP contribution >= 0.6 is 0 Å². The summed E-state index contributed by atoms with van der Waals surface area (Å²) in [4.78, 5) is 4.58. The molecule has 6 nitrogen and oxygen atoms in total. The van der Waals surface area contributed by atoms with Crippen molar-refractivity contribution in [2.24, 2.45) is 0 Å². The predicted octanol–water partition coefficient (Wildman–Crippen LogP) is 3.08. The summed E-state index contributed by atoms with van der Waals surface area (Å²) in [6.07, 6.45) is 0.141. The average molecular weight is 422 g/mol. The molecule has 1 atom stereocenters. The van der Waals surface area contributed by atoms with Crippen LogP contribution in [0.4, 0.5) is 4.39 Å². The van der Waals surface area contributed by atoms with E-state index in [0.29, 0.717) is 38.4 Å². The van der Waals surface area contributed by atoms with E-state index in [4.69, 9.17) is 4.74 Å². The Bertz CT molecular complexity index is 948. The summed E-state index contributed by atoms with van der Waals surface area (Å²) in [5.41, 5.74) is 3.39. The molecule has 8 heteroatoms. The number of rotatable bonds is 7. The van der Waals surface area contributed by atoms with Crippen LogP contribution in [-0.2, 0) is 21.4 Å². The van der Waals surface area contributed by atoms with Crippen molar-refractivity contribution in [3.05, 3.63) is 64.7 Å². The van der Waals surface area contributed by atoms with Crippen LogP contribution in [0.25, 0.3) is 0 Å². The first-order valence-corrected chi connectivity index (χ1v) is 11.3. The number of benzene rings is 1. The maximum atomic E-state index is 13.5. The maximum Gasteiger partial charge on any atom is 0.282 e.